The summed E-state index contributed by atoms with van der Waals surface area (Å²) in [5.41, 5.74) is 2.34. The van der Waals surface area contributed by atoms with Gasteiger partial charge in [0, 0.05) is 42.8 Å². The lowest BCUT2D eigenvalue weighted by molar-refractivity contribution is 0.0443. The maximum atomic E-state index is 5.32. The zero-order valence-corrected chi connectivity index (χ0v) is 11.2. The van der Waals surface area contributed by atoms with Crippen molar-refractivity contribution in [1.82, 2.24) is 9.47 Å². The van der Waals surface area contributed by atoms with Crippen LogP contribution < -0.4 is 0 Å². The van der Waals surface area contributed by atoms with Crippen molar-refractivity contribution in [3.8, 4) is 11.8 Å². The number of rotatable bonds is 1. The highest BCUT2D eigenvalue weighted by molar-refractivity contribution is 5.81. The number of hydrogen-bond acceptors (Lipinski definition) is 2. The molecule has 0 bridgehead atoms. The van der Waals surface area contributed by atoms with Crippen molar-refractivity contribution < 1.29 is 4.74 Å². The van der Waals surface area contributed by atoms with Crippen LogP contribution in [0.1, 0.15) is 5.56 Å². The second kappa shape index (κ2) is 5.48. The summed E-state index contributed by atoms with van der Waals surface area (Å²) in [6.07, 6.45) is 2.08. The van der Waals surface area contributed by atoms with Crippen LogP contribution >= 0.6 is 0 Å². The van der Waals surface area contributed by atoms with Crippen LogP contribution in [0.3, 0.4) is 0 Å². The zero-order chi connectivity index (χ0) is 13.1. The molecule has 1 aromatic carbocycles. The predicted molar refractivity (Wildman–Crippen MR) is 77.1 cm³/mol. The smallest absolute Gasteiger partial charge is 0.0606 e. The van der Waals surface area contributed by atoms with E-state index in [9.17, 15) is 0 Å². The van der Waals surface area contributed by atoms with Gasteiger partial charge in [-0.1, -0.05) is 11.8 Å². The summed E-state index contributed by atoms with van der Waals surface area (Å²) < 4.78 is 7.45. The lowest BCUT2D eigenvalue weighted by Crippen LogP contribution is -2.36. The molecule has 0 unspecified atom stereocenters. The molecule has 0 atom stereocenters. The molecule has 0 aliphatic carbocycles. The first kappa shape index (κ1) is 12.3. The third-order valence-corrected chi connectivity index (χ3v) is 3.52. The molecule has 19 heavy (non-hydrogen) atoms. The molecule has 0 N–H and O–H groups in total. The monoisotopic (exact) mass is 254 g/mol. The number of benzene rings is 1. The van der Waals surface area contributed by atoms with Gasteiger partial charge < -0.3 is 9.30 Å². The van der Waals surface area contributed by atoms with Gasteiger partial charge in [-0.05, 0) is 24.3 Å². The molecule has 0 radical (unpaired) electrons. The van der Waals surface area contributed by atoms with Crippen LogP contribution in [0.25, 0.3) is 10.9 Å². The van der Waals surface area contributed by atoms with Gasteiger partial charge >= 0.3 is 0 Å². The average molecular weight is 254 g/mol. The van der Waals surface area contributed by atoms with Crippen LogP contribution in [0.15, 0.2) is 30.5 Å². The maximum Gasteiger partial charge on any atom is 0.0606 e. The number of fused-ring (bicyclic) bond motifs is 1. The molecule has 1 aromatic heterocycles. The predicted octanol–water partition coefficient (Wildman–Crippen LogP) is 1.86. The Morgan fingerprint density at radius 1 is 1.21 bits per heavy atom. The highest BCUT2D eigenvalue weighted by atomic mass is 16.5. The van der Waals surface area contributed by atoms with Gasteiger partial charge in [-0.15, -0.1) is 0 Å². The van der Waals surface area contributed by atoms with Crippen LogP contribution in [0.4, 0.5) is 0 Å². The fraction of sp³-hybridized carbons (Fsp3) is 0.375. The van der Waals surface area contributed by atoms with Gasteiger partial charge in [0.05, 0.1) is 19.8 Å². The van der Waals surface area contributed by atoms with Crippen molar-refractivity contribution >= 4 is 10.9 Å². The molecule has 0 amide bonds. The van der Waals surface area contributed by atoms with Crippen LogP contribution in [-0.2, 0) is 11.8 Å². The number of aromatic nitrogens is 1. The Morgan fingerprint density at radius 2 is 2.05 bits per heavy atom. The maximum absolute atomic E-state index is 5.32. The Kier molecular flexibility index (Phi) is 3.54. The Morgan fingerprint density at radius 3 is 2.89 bits per heavy atom. The standard InChI is InChI=1S/C16H18N2O/c1-17-8-6-15-13-14(4-5-16(15)17)3-2-7-18-9-11-19-12-10-18/h4-6,8,13H,7,9-12H2,1H3. The van der Waals surface area contributed by atoms with Crippen molar-refractivity contribution in [2.45, 2.75) is 0 Å². The summed E-state index contributed by atoms with van der Waals surface area (Å²) in [4.78, 5) is 2.33. The van der Waals surface area contributed by atoms with Gasteiger partial charge in [-0.25, -0.2) is 0 Å². The first-order valence-electron chi connectivity index (χ1n) is 6.67. The largest absolute Gasteiger partial charge is 0.379 e. The zero-order valence-electron chi connectivity index (χ0n) is 11.2. The van der Waals surface area contributed by atoms with Crippen LogP contribution in [-0.4, -0.2) is 42.3 Å². The van der Waals surface area contributed by atoms with Crippen molar-refractivity contribution in [3.05, 3.63) is 36.0 Å². The molecule has 0 spiro atoms. The van der Waals surface area contributed by atoms with Crippen molar-refractivity contribution in [2.75, 3.05) is 32.8 Å². The third-order valence-electron chi connectivity index (χ3n) is 3.52. The average Bonchev–Trinajstić information content (AvgIpc) is 2.81. The Balaban J connectivity index is 1.70. The summed E-state index contributed by atoms with van der Waals surface area (Å²) in [6, 6.07) is 8.51. The van der Waals surface area contributed by atoms with E-state index in [-0.39, 0.29) is 0 Å². The van der Waals surface area contributed by atoms with Gasteiger partial charge in [0.2, 0.25) is 0 Å². The summed E-state index contributed by atoms with van der Waals surface area (Å²) in [5, 5.41) is 1.25. The van der Waals surface area contributed by atoms with Gasteiger partial charge in [0.25, 0.3) is 0 Å². The lowest BCUT2D eigenvalue weighted by Gasteiger charge is -2.24. The van der Waals surface area contributed by atoms with Crippen molar-refractivity contribution in [3.63, 3.8) is 0 Å². The van der Waals surface area contributed by atoms with E-state index in [1.165, 1.54) is 10.9 Å². The molecular formula is C16H18N2O. The van der Waals surface area contributed by atoms with Crippen LogP contribution in [0.5, 0.6) is 0 Å². The molecule has 3 nitrogen and oxygen atoms in total. The lowest BCUT2D eigenvalue weighted by atomic mass is 10.1. The minimum atomic E-state index is 0.830. The quantitative estimate of drug-likeness (QED) is 0.723. The molecule has 1 aliphatic rings. The molecule has 98 valence electrons. The van der Waals surface area contributed by atoms with Crippen molar-refractivity contribution in [2.24, 2.45) is 7.05 Å². The fourth-order valence-corrected chi connectivity index (χ4v) is 2.37. The van der Waals surface area contributed by atoms with E-state index in [0.717, 1.165) is 38.4 Å². The molecular weight excluding hydrogens is 236 g/mol. The van der Waals surface area contributed by atoms with Crippen LogP contribution in [0, 0.1) is 11.8 Å². The molecule has 2 heterocycles. The fourth-order valence-electron chi connectivity index (χ4n) is 2.37. The van der Waals surface area contributed by atoms with E-state index in [1.54, 1.807) is 0 Å². The Hall–Kier alpha value is -1.76. The summed E-state index contributed by atoms with van der Waals surface area (Å²) in [7, 11) is 2.06. The Bertz CT molecular complexity index is 627. The number of aryl methyl sites for hydroxylation is 1. The highest BCUT2D eigenvalue weighted by Gasteiger charge is 2.07. The van der Waals surface area contributed by atoms with E-state index >= 15 is 0 Å². The molecule has 3 rings (SSSR count). The molecule has 1 fully saturated rings. The normalized spacial score (nSPS) is 16.3. The highest BCUT2D eigenvalue weighted by Crippen LogP contribution is 2.15. The van der Waals surface area contributed by atoms with E-state index in [4.69, 9.17) is 4.74 Å². The van der Waals surface area contributed by atoms with E-state index < -0.39 is 0 Å². The van der Waals surface area contributed by atoms with Gasteiger partial charge in [0.1, 0.15) is 0 Å². The molecule has 0 saturated carbocycles. The summed E-state index contributed by atoms with van der Waals surface area (Å²) in [6.45, 7) is 4.48. The molecule has 1 saturated heterocycles. The first-order chi connectivity index (χ1) is 9.33. The van der Waals surface area contributed by atoms with Crippen molar-refractivity contribution in [1.29, 1.82) is 0 Å². The minimum Gasteiger partial charge on any atom is -0.379 e. The molecule has 2 aromatic rings. The minimum absolute atomic E-state index is 0.830. The van der Waals surface area contributed by atoms with Gasteiger partial charge in [0.15, 0.2) is 0 Å². The van der Waals surface area contributed by atoms with E-state index in [0.29, 0.717) is 0 Å². The van der Waals surface area contributed by atoms with Crippen LogP contribution in [0.2, 0.25) is 0 Å². The topological polar surface area (TPSA) is 17.4 Å². The summed E-state index contributed by atoms with van der Waals surface area (Å²) in [5.74, 6) is 6.51. The SMILES string of the molecule is Cn1ccc2cc(C#CCN3CCOCC3)ccc21. The number of nitrogens with zero attached hydrogens (tertiary/aromatic N) is 2. The number of morpholine rings is 1. The Labute approximate surface area is 113 Å². The van der Waals surface area contributed by atoms with Gasteiger partial charge in [-0.2, -0.15) is 0 Å². The van der Waals surface area contributed by atoms with E-state index in [1.807, 2.05) is 0 Å². The van der Waals surface area contributed by atoms with Gasteiger partial charge in [-0.3, -0.25) is 4.90 Å². The third kappa shape index (κ3) is 2.81. The summed E-state index contributed by atoms with van der Waals surface area (Å²) >= 11 is 0. The number of ether oxygens (including phenoxy) is 1. The van der Waals surface area contributed by atoms with E-state index in [2.05, 4.69) is 58.8 Å². The number of hydrogen-bond donors (Lipinski definition) is 0. The second-order valence-corrected chi connectivity index (χ2v) is 4.89. The first-order valence-corrected chi connectivity index (χ1v) is 6.67. The molecule has 1 aliphatic heterocycles. The second-order valence-electron chi connectivity index (χ2n) is 4.89. The molecule has 3 heteroatoms.